The van der Waals surface area contributed by atoms with E-state index in [-0.39, 0.29) is 5.75 Å². The third-order valence-electron chi connectivity index (χ3n) is 3.15. The third-order valence-corrected chi connectivity index (χ3v) is 4.68. The lowest BCUT2D eigenvalue weighted by atomic mass is 10.1. The van der Waals surface area contributed by atoms with Gasteiger partial charge in [-0.15, -0.1) is 0 Å². The Morgan fingerprint density at radius 3 is 2.29 bits per heavy atom. The highest BCUT2D eigenvalue weighted by Crippen LogP contribution is 2.29. The van der Waals surface area contributed by atoms with Gasteiger partial charge in [0.1, 0.15) is 0 Å². The fraction of sp³-hybridized carbons (Fsp3) is 0.200. The largest absolute Gasteiger partial charge is 0.416 e. The van der Waals surface area contributed by atoms with Crippen molar-refractivity contribution < 1.29 is 17.4 Å². The van der Waals surface area contributed by atoms with Gasteiger partial charge in [-0.05, 0) is 42.3 Å². The summed E-state index contributed by atoms with van der Waals surface area (Å²) in [6.45, 7) is 1.77. The highest BCUT2D eigenvalue weighted by Gasteiger charge is 2.29. The fourth-order valence-electron chi connectivity index (χ4n) is 1.90. The minimum absolute atomic E-state index is 0.155. The van der Waals surface area contributed by atoms with Crippen LogP contribution in [0.1, 0.15) is 16.7 Å². The molecular formula is C15H14F3NOS. The zero-order chi connectivity index (χ0) is 15.6. The first-order valence-corrected chi connectivity index (χ1v) is 7.50. The van der Waals surface area contributed by atoms with E-state index in [2.05, 4.69) is 0 Å². The Hall–Kier alpha value is -1.82. The highest BCUT2D eigenvalue weighted by molar-refractivity contribution is 7.84. The summed E-state index contributed by atoms with van der Waals surface area (Å²) in [6.07, 6.45) is -4.36. The van der Waals surface area contributed by atoms with E-state index in [4.69, 9.17) is 5.73 Å². The Bertz CT molecular complexity index is 666. The van der Waals surface area contributed by atoms with Crippen LogP contribution in [0, 0.1) is 6.92 Å². The van der Waals surface area contributed by atoms with Gasteiger partial charge in [-0.25, -0.2) is 0 Å². The van der Waals surface area contributed by atoms with Crippen molar-refractivity contribution in [3.05, 3.63) is 59.2 Å². The molecule has 112 valence electrons. The van der Waals surface area contributed by atoms with Crippen molar-refractivity contribution in [2.45, 2.75) is 23.7 Å². The smallest absolute Gasteiger partial charge is 0.398 e. The number of anilines is 1. The molecule has 0 aliphatic carbocycles. The number of nitrogen functional groups attached to an aromatic ring is 1. The zero-order valence-electron chi connectivity index (χ0n) is 11.3. The Kier molecular flexibility index (Phi) is 4.37. The predicted octanol–water partition coefficient (Wildman–Crippen LogP) is 3.90. The molecule has 6 heteroatoms. The van der Waals surface area contributed by atoms with E-state index in [1.54, 1.807) is 25.1 Å². The van der Waals surface area contributed by atoms with Crippen molar-refractivity contribution in [3.63, 3.8) is 0 Å². The van der Waals surface area contributed by atoms with Crippen molar-refractivity contribution in [3.8, 4) is 0 Å². The topological polar surface area (TPSA) is 43.1 Å². The lowest BCUT2D eigenvalue weighted by molar-refractivity contribution is -0.137. The number of alkyl halides is 3. The van der Waals surface area contributed by atoms with Crippen LogP contribution in [0.5, 0.6) is 0 Å². The Morgan fingerprint density at radius 1 is 1.10 bits per heavy atom. The lowest BCUT2D eigenvalue weighted by Crippen LogP contribution is -2.05. The average molecular weight is 313 g/mol. The molecule has 2 aromatic carbocycles. The number of hydrogen-bond acceptors (Lipinski definition) is 2. The summed E-state index contributed by atoms with van der Waals surface area (Å²) in [5.41, 5.74) is 6.92. The summed E-state index contributed by atoms with van der Waals surface area (Å²) in [4.78, 5) is 0.606. The van der Waals surface area contributed by atoms with Crippen LogP contribution >= 0.6 is 0 Å². The molecule has 0 saturated carbocycles. The molecule has 0 aromatic heterocycles. The number of benzene rings is 2. The molecule has 1 atom stereocenters. The van der Waals surface area contributed by atoms with Crippen LogP contribution in [-0.4, -0.2) is 4.21 Å². The minimum Gasteiger partial charge on any atom is -0.398 e. The van der Waals surface area contributed by atoms with Crippen LogP contribution in [-0.2, 0) is 22.7 Å². The molecule has 21 heavy (non-hydrogen) atoms. The molecule has 0 amide bonds. The van der Waals surface area contributed by atoms with E-state index in [0.29, 0.717) is 16.1 Å². The van der Waals surface area contributed by atoms with Gasteiger partial charge in [-0.1, -0.05) is 18.2 Å². The van der Waals surface area contributed by atoms with Gasteiger partial charge in [0.2, 0.25) is 0 Å². The van der Waals surface area contributed by atoms with Gasteiger partial charge < -0.3 is 5.73 Å². The van der Waals surface area contributed by atoms with Crippen molar-refractivity contribution in [2.75, 3.05) is 5.73 Å². The minimum atomic E-state index is -4.36. The van der Waals surface area contributed by atoms with Gasteiger partial charge in [0, 0.05) is 10.6 Å². The first-order chi connectivity index (χ1) is 9.79. The van der Waals surface area contributed by atoms with Crippen LogP contribution in [0.3, 0.4) is 0 Å². The first-order valence-electron chi connectivity index (χ1n) is 6.18. The monoisotopic (exact) mass is 313 g/mol. The average Bonchev–Trinajstić information content (AvgIpc) is 2.41. The summed E-state index contributed by atoms with van der Waals surface area (Å²) in [5, 5.41) is 0. The molecule has 0 fully saturated rings. The van der Waals surface area contributed by atoms with Crippen molar-refractivity contribution in [1.82, 2.24) is 0 Å². The normalized spacial score (nSPS) is 13.1. The molecule has 2 N–H and O–H groups in total. The van der Waals surface area contributed by atoms with Crippen molar-refractivity contribution >= 4 is 16.5 Å². The molecule has 2 aromatic rings. The maximum absolute atomic E-state index is 12.5. The van der Waals surface area contributed by atoms with Crippen LogP contribution in [0.25, 0.3) is 0 Å². The third kappa shape index (κ3) is 3.64. The summed E-state index contributed by atoms with van der Waals surface area (Å²) in [7, 11) is -1.35. The van der Waals surface area contributed by atoms with Crippen LogP contribution < -0.4 is 5.73 Å². The predicted molar refractivity (Wildman–Crippen MR) is 77.1 cm³/mol. The molecule has 0 aliphatic rings. The van der Waals surface area contributed by atoms with E-state index < -0.39 is 22.5 Å². The molecule has 2 nitrogen and oxygen atoms in total. The molecule has 0 aliphatic heterocycles. The maximum atomic E-state index is 12.5. The molecular weight excluding hydrogens is 299 g/mol. The molecule has 2 rings (SSSR count). The van der Waals surface area contributed by atoms with Crippen LogP contribution in [0.2, 0.25) is 0 Å². The highest BCUT2D eigenvalue weighted by atomic mass is 32.2. The number of rotatable bonds is 3. The van der Waals surface area contributed by atoms with Gasteiger partial charge in [0.15, 0.2) is 0 Å². The summed E-state index contributed by atoms with van der Waals surface area (Å²) in [6, 6.07) is 9.84. The summed E-state index contributed by atoms with van der Waals surface area (Å²) in [5.74, 6) is 0.155. The summed E-state index contributed by atoms with van der Waals surface area (Å²) >= 11 is 0. The van der Waals surface area contributed by atoms with E-state index in [1.807, 2.05) is 0 Å². The number of nitrogens with two attached hydrogens (primary N) is 1. The van der Waals surface area contributed by atoms with Crippen LogP contribution in [0.4, 0.5) is 18.9 Å². The zero-order valence-corrected chi connectivity index (χ0v) is 12.1. The maximum Gasteiger partial charge on any atom is 0.416 e. The fourth-order valence-corrected chi connectivity index (χ4v) is 3.24. The second-order valence-corrected chi connectivity index (χ2v) is 6.07. The number of hydrogen-bond donors (Lipinski definition) is 1. The van der Waals surface area contributed by atoms with E-state index in [9.17, 15) is 17.4 Å². The van der Waals surface area contributed by atoms with Crippen molar-refractivity contribution in [1.29, 1.82) is 0 Å². The summed E-state index contributed by atoms with van der Waals surface area (Å²) < 4.78 is 49.7. The van der Waals surface area contributed by atoms with Gasteiger partial charge >= 0.3 is 6.18 Å². The SMILES string of the molecule is Cc1c(N)cccc1S(=O)Cc1ccc(C(F)(F)F)cc1. The van der Waals surface area contributed by atoms with Gasteiger partial charge in [0.25, 0.3) is 0 Å². The number of halogens is 3. The van der Waals surface area contributed by atoms with Crippen molar-refractivity contribution in [2.24, 2.45) is 0 Å². The van der Waals surface area contributed by atoms with Gasteiger partial charge in [-0.3, -0.25) is 4.21 Å². The molecule has 0 saturated heterocycles. The first kappa shape index (κ1) is 15.6. The Balaban J connectivity index is 2.18. The molecule has 0 bridgehead atoms. The second kappa shape index (κ2) is 5.89. The van der Waals surface area contributed by atoms with Gasteiger partial charge in [0.05, 0.1) is 22.1 Å². The Labute approximate surface area is 123 Å². The van der Waals surface area contributed by atoms with E-state index in [0.717, 1.165) is 17.7 Å². The lowest BCUT2D eigenvalue weighted by Gasteiger charge is -2.10. The van der Waals surface area contributed by atoms with Gasteiger partial charge in [-0.2, -0.15) is 13.2 Å². The molecule has 1 unspecified atom stereocenters. The van der Waals surface area contributed by atoms with E-state index >= 15 is 0 Å². The molecule has 0 heterocycles. The molecule has 0 radical (unpaired) electrons. The van der Waals surface area contributed by atoms with E-state index in [1.165, 1.54) is 12.1 Å². The Morgan fingerprint density at radius 2 is 1.71 bits per heavy atom. The van der Waals surface area contributed by atoms with Crippen LogP contribution in [0.15, 0.2) is 47.4 Å². The quantitative estimate of drug-likeness (QED) is 0.873. The molecule has 0 spiro atoms. The standard InChI is InChI=1S/C15H14F3NOS/c1-10-13(19)3-2-4-14(10)21(20)9-11-5-7-12(8-6-11)15(16,17)18/h2-8H,9,19H2,1H3. The second-order valence-electron chi connectivity index (χ2n) is 4.65.